The number of hydrogen-bond donors (Lipinski definition) is 0. The Bertz CT molecular complexity index is 108. The van der Waals surface area contributed by atoms with Crippen molar-refractivity contribution in [1.82, 2.24) is 4.90 Å². The fourth-order valence-electron chi connectivity index (χ4n) is 0.879. The molecule has 0 aliphatic heterocycles. The van der Waals surface area contributed by atoms with Gasteiger partial charge in [-0.05, 0) is 13.3 Å². The predicted molar refractivity (Wildman–Crippen MR) is 46.6 cm³/mol. The molecule has 0 aromatic carbocycles. The van der Waals surface area contributed by atoms with Gasteiger partial charge in [0.25, 0.3) is 0 Å². The van der Waals surface area contributed by atoms with Crippen LogP contribution in [0.15, 0.2) is 4.99 Å². The van der Waals surface area contributed by atoms with Gasteiger partial charge >= 0.3 is 0 Å². The minimum absolute atomic E-state index is 1.05. The Labute approximate surface area is 63.9 Å². The fourth-order valence-corrected chi connectivity index (χ4v) is 0.879. The van der Waals surface area contributed by atoms with Gasteiger partial charge in [-0.2, -0.15) is 0 Å². The summed E-state index contributed by atoms with van der Waals surface area (Å²) in [6, 6.07) is 0. The third kappa shape index (κ3) is 2.85. The van der Waals surface area contributed by atoms with E-state index in [0.29, 0.717) is 0 Å². The molecule has 0 bridgehead atoms. The molecule has 0 aliphatic carbocycles. The first kappa shape index (κ1) is 9.47. The van der Waals surface area contributed by atoms with Gasteiger partial charge in [-0.25, -0.2) is 0 Å². The maximum Gasteiger partial charge on any atom is 0.0982 e. The lowest BCUT2D eigenvalue weighted by atomic mass is 10.3. The van der Waals surface area contributed by atoms with Crippen molar-refractivity contribution in [2.24, 2.45) is 4.99 Å². The lowest BCUT2D eigenvalue weighted by molar-refractivity contribution is 0.519. The molecular weight excluding hydrogens is 124 g/mol. The van der Waals surface area contributed by atoms with Crippen LogP contribution in [0, 0.1) is 0 Å². The molecule has 0 aromatic rings. The number of hydrogen-bond acceptors (Lipinski definition) is 1. The Morgan fingerprint density at radius 2 is 2.00 bits per heavy atom. The average Bonchev–Trinajstić information content (AvgIpc) is 1.99. The second kappa shape index (κ2) is 5.27. The zero-order valence-corrected chi connectivity index (χ0v) is 7.52. The lowest BCUT2D eigenvalue weighted by Crippen LogP contribution is -2.25. The van der Waals surface area contributed by atoms with Crippen LogP contribution in [-0.2, 0) is 0 Å². The third-order valence-electron chi connectivity index (χ3n) is 1.65. The molecule has 0 aliphatic rings. The maximum atomic E-state index is 4.19. The van der Waals surface area contributed by atoms with E-state index in [2.05, 4.69) is 30.8 Å². The highest BCUT2D eigenvalue weighted by Crippen LogP contribution is 1.95. The zero-order valence-electron chi connectivity index (χ0n) is 7.52. The molecule has 0 spiro atoms. The number of rotatable bonds is 3. The van der Waals surface area contributed by atoms with E-state index in [4.69, 9.17) is 0 Å². The van der Waals surface area contributed by atoms with Crippen LogP contribution in [0.5, 0.6) is 0 Å². The molecule has 0 N–H and O–H groups in total. The normalized spacial score (nSPS) is 11.8. The predicted octanol–water partition coefficient (Wildman–Crippen LogP) is 1.77. The van der Waals surface area contributed by atoms with Gasteiger partial charge in [0.1, 0.15) is 0 Å². The average molecular weight is 142 g/mol. The first-order valence-corrected chi connectivity index (χ1v) is 3.93. The van der Waals surface area contributed by atoms with Crippen molar-refractivity contribution >= 4 is 5.84 Å². The molecule has 0 atom stereocenters. The molecule has 0 unspecified atom stereocenters. The standard InChI is InChI=1S/C8H18N2/c1-5-7-8(9-3)10(4)6-2/h5-7H2,1-4H3. The Balaban J connectivity index is 3.82. The highest BCUT2D eigenvalue weighted by molar-refractivity contribution is 5.81. The van der Waals surface area contributed by atoms with Crippen molar-refractivity contribution in [2.75, 3.05) is 20.6 Å². The van der Waals surface area contributed by atoms with Crippen LogP contribution in [0.25, 0.3) is 0 Å². The van der Waals surface area contributed by atoms with Crippen molar-refractivity contribution in [3.8, 4) is 0 Å². The summed E-state index contributed by atoms with van der Waals surface area (Å²) in [5, 5.41) is 0. The van der Waals surface area contributed by atoms with Crippen LogP contribution in [0.4, 0.5) is 0 Å². The Hall–Kier alpha value is -0.530. The second-order valence-corrected chi connectivity index (χ2v) is 2.40. The molecule has 0 saturated heterocycles. The van der Waals surface area contributed by atoms with Gasteiger partial charge in [0.2, 0.25) is 0 Å². The number of nitrogens with zero attached hydrogens (tertiary/aromatic N) is 2. The summed E-state index contributed by atoms with van der Waals surface area (Å²) in [5.74, 6) is 1.21. The summed E-state index contributed by atoms with van der Waals surface area (Å²) < 4.78 is 0. The van der Waals surface area contributed by atoms with E-state index in [1.165, 1.54) is 12.3 Å². The molecule has 2 heteroatoms. The minimum atomic E-state index is 1.05. The van der Waals surface area contributed by atoms with Gasteiger partial charge in [-0.15, -0.1) is 0 Å². The summed E-state index contributed by atoms with van der Waals surface area (Å²) in [7, 11) is 3.94. The molecule has 0 heterocycles. The fraction of sp³-hybridized carbons (Fsp3) is 0.875. The van der Waals surface area contributed by atoms with Crippen LogP contribution in [0.3, 0.4) is 0 Å². The smallest absolute Gasteiger partial charge is 0.0982 e. The first-order chi connectivity index (χ1) is 4.76. The molecule has 0 radical (unpaired) electrons. The van der Waals surface area contributed by atoms with Crippen LogP contribution in [-0.4, -0.2) is 31.4 Å². The van der Waals surface area contributed by atoms with Crippen LogP contribution < -0.4 is 0 Å². The summed E-state index contributed by atoms with van der Waals surface area (Å²) in [6.45, 7) is 5.36. The van der Waals surface area contributed by atoms with Crippen molar-refractivity contribution in [2.45, 2.75) is 26.7 Å². The molecular formula is C8H18N2. The lowest BCUT2D eigenvalue weighted by Gasteiger charge is -2.17. The molecule has 0 saturated carbocycles. The SMILES string of the molecule is CCCC(=NC)N(C)CC. The highest BCUT2D eigenvalue weighted by Gasteiger charge is 1.99. The molecule has 0 aromatic heterocycles. The van der Waals surface area contributed by atoms with Gasteiger partial charge in [-0.3, -0.25) is 4.99 Å². The molecule has 60 valence electrons. The van der Waals surface area contributed by atoms with Crippen molar-refractivity contribution in [3.05, 3.63) is 0 Å². The number of amidine groups is 1. The van der Waals surface area contributed by atoms with E-state index >= 15 is 0 Å². The topological polar surface area (TPSA) is 15.6 Å². The number of aliphatic imine (C=N–C) groups is 1. The molecule has 2 nitrogen and oxygen atoms in total. The molecule has 0 rings (SSSR count). The zero-order chi connectivity index (χ0) is 7.98. The summed E-state index contributed by atoms with van der Waals surface area (Å²) in [5.41, 5.74) is 0. The Morgan fingerprint density at radius 3 is 2.30 bits per heavy atom. The van der Waals surface area contributed by atoms with Crippen LogP contribution in [0.2, 0.25) is 0 Å². The quantitative estimate of drug-likeness (QED) is 0.433. The van der Waals surface area contributed by atoms with Gasteiger partial charge < -0.3 is 4.90 Å². The van der Waals surface area contributed by atoms with Crippen LogP contribution in [0.1, 0.15) is 26.7 Å². The van der Waals surface area contributed by atoms with E-state index < -0.39 is 0 Å². The highest BCUT2D eigenvalue weighted by atomic mass is 15.1. The van der Waals surface area contributed by atoms with E-state index in [1.54, 1.807) is 0 Å². The minimum Gasteiger partial charge on any atom is -0.364 e. The summed E-state index contributed by atoms with van der Waals surface area (Å²) >= 11 is 0. The van der Waals surface area contributed by atoms with Gasteiger partial charge in [0.05, 0.1) is 5.84 Å². The molecule has 0 amide bonds. The van der Waals surface area contributed by atoms with Crippen molar-refractivity contribution < 1.29 is 0 Å². The van der Waals surface area contributed by atoms with Crippen LogP contribution >= 0.6 is 0 Å². The van der Waals surface area contributed by atoms with Gasteiger partial charge in [-0.1, -0.05) is 6.92 Å². The Kier molecular flexibility index (Phi) is 4.99. The van der Waals surface area contributed by atoms with Gasteiger partial charge in [0.15, 0.2) is 0 Å². The van der Waals surface area contributed by atoms with E-state index in [0.717, 1.165) is 13.0 Å². The largest absolute Gasteiger partial charge is 0.364 e. The van der Waals surface area contributed by atoms with E-state index in [9.17, 15) is 0 Å². The van der Waals surface area contributed by atoms with Gasteiger partial charge in [0, 0.05) is 27.1 Å². The summed E-state index contributed by atoms with van der Waals surface area (Å²) in [4.78, 5) is 6.38. The Morgan fingerprint density at radius 1 is 1.40 bits per heavy atom. The van der Waals surface area contributed by atoms with Crippen molar-refractivity contribution in [3.63, 3.8) is 0 Å². The molecule has 0 fully saturated rings. The maximum absolute atomic E-state index is 4.19. The third-order valence-corrected chi connectivity index (χ3v) is 1.65. The first-order valence-electron chi connectivity index (χ1n) is 3.93. The summed E-state index contributed by atoms with van der Waals surface area (Å²) in [6.07, 6.45) is 2.28. The van der Waals surface area contributed by atoms with E-state index in [-0.39, 0.29) is 0 Å². The second-order valence-electron chi connectivity index (χ2n) is 2.40. The monoisotopic (exact) mass is 142 g/mol. The van der Waals surface area contributed by atoms with E-state index in [1.807, 2.05) is 7.05 Å². The molecule has 10 heavy (non-hydrogen) atoms. The van der Waals surface area contributed by atoms with Crippen molar-refractivity contribution in [1.29, 1.82) is 0 Å².